The van der Waals surface area contributed by atoms with E-state index in [0.717, 1.165) is 12.8 Å². The van der Waals surface area contributed by atoms with Crippen molar-refractivity contribution in [1.29, 1.82) is 0 Å². The highest BCUT2D eigenvalue weighted by Gasteiger charge is 2.19. The molecule has 0 bridgehead atoms. The minimum atomic E-state index is -0.841. The molecule has 0 fully saturated rings. The first-order valence-electron chi connectivity index (χ1n) is 7.67. The zero-order valence-corrected chi connectivity index (χ0v) is 14.9. The molecule has 0 spiro atoms. The summed E-state index contributed by atoms with van der Waals surface area (Å²) in [7, 11) is -0.841. The Morgan fingerprint density at radius 2 is 1.68 bits per heavy atom. The van der Waals surface area contributed by atoms with E-state index in [9.17, 15) is 4.79 Å². The lowest BCUT2D eigenvalue weighted by Crippen LogP contribution is -2.27. The maximum absolute atomic E-state index is 11.7. The highest BCUT2D eigenvalue weighted by molar-refractivity contribution is 6.36. The Kier molecular flexibility index (Phi) is 10.2. The molecule has 0 saturated carbocycles. The van der Waals surface area contributed by atoms with Gasteiger partial charge in [0.15, 0.2) is 9.76 Å². The summed E-state index contributed by atoms with van der Waals surface area (Å²) in [6.07, 6.45) is 7.29. The first kappa shape index (κ1) is 18.6. The van der Waals surface area contributed by atoms with Crippen LogP contribution in [0.3, 0.4) is 0 Å². The van der Waals surface area contributed by atoms with Crippen LogP contribution in [0.4, 0.5) is 0 Å². The summed E-state index contributed by atoms with van der Waals surface area (Å²) in [6.45, 7) is 10.8. The molecule has 0 aromatic heterocycles. The predicted octanol–water partition coefficient (Wildman–Crippen LogP) is 3.60. The van der Waals surface area contributed by atoms with E-state index < -0.39 is 9.76 Å². The molecular formula is C15H32O3Si. The summed E-state index contributed by atoms with van der Waals surface area (Å²) in [5.74, 6) is -0.0792. The summed E-state index contributed by atoms with van der Waals surface area (Å²) in [5.41, 5.74) is -0.181. The minimum Gasteiger partial charge on any atom is -0.466 e. The first-order valence-corrected chi connectivity index (χ1v) is 9.06. The lowest BCUT2D eigenvalue weighted by molar-refractivity contribution is -0.143. The van der Waals surface area contributed by atoms with Crippen LogP contribution >= 0.6 is 0 Å². The monoisotopic (exact) mass is 288 g/mol. The highest BCUT2D eigenvalue weighted by Crippen LogP contribution is 2.12. The predicted molar refractivity (Wildman–Crippen MR) is 83.1 cm³/mol. The fraction of sp³-hybridized carbons (Fsp3) is 0.933. The summed E-state index contributed by atoms with van der Waals surface area (Å²) < 4.78 is 11.0. The van der Waals surface area contributed by atoms with Crippen molar-refractivity contribution in [3.8, 4) is 0 Å². The van der Waals surface area contributed by atoms with Crippen LogP contribution in [0.2, 0.25) is 5.54 Å². The van der Waals surface area contributed by atoms with Crippen LogP contribution in [0, 0.1) is 0 Å². The molecule has 0 aliphatic carbocycles. The van der Waals surface area contributed by atoms with E-state index in [1.54, 1.807) is 0 Å². The molecule has 3 nitrogen and oxygen atoms in total. The fourth-order valence-electron chi connectivity index (χ4n) is 1.64. The summed E-state index contributed by atoms with van der Waals surface area (Å²) in [4.78, 5) is 11.7. The van der Waals surface area contributed by atoms with Gasteiger partial charge in [-0.05, 0) is 27.2 Å². The topological polar surface area (TPSA) is 35.5 Å². The third-order valence-corrected chi connectivity index (χ3v) is 4.78. The second kappa shape index (κ2) is 10.4. The van der Waals surface area contributed by atoms with Gasteiger partial charge in [0, 0.05) is 5.60 Å². The lowest BCUT2D eigenvalue weighted by Gasteiger charge is -2.22. The van der Waals surface area contributed by atoms with Gasteiger partial charge in [0.2, 0.25) is 0 Å². The van der Waals surface area contributed by atoms with Crippen LogP contribution in [0.25, 0.3) is 0 Å². The molecule has 0 aromatic carbocycles. The van der Waals surface area contributed by atoms with Crippen LogP contribution in [-0.2, 0) is 14.0 Å². The van der Waals surface area contributed by atoms with Crippen LogP contribution < -0.4 is 0 Å². The summed E-state index contributed by atoms with van der Waals surface area (Å²) in [6, 6.07) is 0. The van der Waals surface area contributed by atoms with Crippen molar-refractivity contribution >= 4 is 15.7 Å². The van der Waals surface area contributed by atoms with Gasteiger partial charge >= 0.3 is 5.97 Å². The zero-order chi connectivity index (χ0) is 14.7. The SMILES string of the molecule is CCCCCCCCOC(=O)C(C)[SiH2]OC(C)(C)C. The maximum atomic E-state index is 11.7. The molecule has 0 N–H and O–H groups in total. The molecule has 0 amide bonds. The normalized spacial score (nSPS) is 13.9. The zero-order valence-electron chi connectivity index (χ0n) is 13.5. The van der Waals surface area contributed by atoms with E-state index >= 15 is 0 Å². The van der Waals surface area contributed by atoms with E-state index in [-0.39, 0.29) is 17.1 Å². The first-order chi connectivity index (χ1) is 8.87. The largest absolute Gasteiger partial charge is 0.466 e. The molecule has 1 unspecified atom stereocenters. The van der Waals surface area contributed by atoms with Crippen molar-refractivity contribution < 1.29 is 14.0 Å². The molecule has 0 aromatic rings. The number of carbonyl (C=O) groups is 1. The number of rotatable bonds is 10. The number of unbranched alkanes of at least 4 members (excludes halogenated alkanes) is 5. The van der Waals surface area contributed by atoms with Gasteiger partial charge in [-0.25, -0.2) is 0 Å². The van der Waals surface area contributed by atoms with Gasteiger partial charge in [-0.1, -0.05) is 46.0 Å². The Labute approximate surface area is 121 Å². The maximum Gasteiger partial charge on any atom is 0.307 e. The van der Waals surface area contributed by atoms with Gasteiger partial charge in [-0.15, -0.1) is 0 Å². The number of hydrogen-bond acceptors (Lipinski definition) is 3. The molecule has 4 heteroatoms. The number of ether oxygens (including phenoxy) is 1. The Morgan fingerprint density at radius 3 is 2.26 bits per heavy atom. The number of esters is 1. The fourth-order valence-corrected chi connectivity index (χ4v) is 2.64. The molecule has 0 radical (unpaired) electrons. The molecular weight excluding hydrogens is 256 g/mol. The van der Waals surface area contributed by atoms with E-state index in [1.165, 1.54) is 25.7 Å². The molecule has 0 rings (SSSR count). The standard InChI is InChI=1S/C15H32O3Si/c1-6-7-8-9-10-11-12-17-14(16)13(2)19-18-15(3,4)5/h13H,6-12,19H2,1-5H3. The quantitative estimate of drug-likeness (QED) is 0.350. The van der Waals surface area contributed by atoms with Crippen molar-refractivity contribution in [3.63, 3.8) is 0 Å². The Hall–Kier alpha value is -0.353. The van der Waals surface area contributed by atoms with Crippen molar-refractivity contribution in [2.24, 2.45) is 0 Å². The van der Waals surface area contributed by atoms with Gasteiger partial charge in [-0.2, -0.15) is 0 Å². The average molecular weight is 289 g/mol. The third-order valence-electron chi connectivity index (χ3n) is 2.91. The Bertz CT molecular complexity index is 236. The van der Waals surface area contributed by atoms with Crippen molar-refractivity contribution in [2.75, 3.05) is 6.61 Å². The van der Waals surface area contributed by atoms with Gasteiger partial charge in [0.1, 0.15) is 0 Å². The Morgan fingerprint density at radius 1 is 1.11 bits per heavy atom. The smallest absolute Gasteiger partial charge is 0.307 e. The summed E-state index contributed by atoms with van der Waals surface area (Å²) >= 11 is 0. The van der Waals surface area contributed by atoms with E-state index in [0.29, 0.717) is 6.61 Å². The van der Waals surface area contributed by atoms with Gasteiger partial charge in [-0.3, -0.25) is 4.79 Å². The molecule has 1 atom stereocenters. The van der Waals surface area contributed by atoms with Crippen LogP contribution in [0.1, 0.15) is 73.1 Å². The molecule has 19 heavy (non-hydrogen) atoms. The highest BCUT2D eigenvalue weighted by atomic mass is 28.2. The van der Waals surface area contributed by atoms with Gasteiger partial charge in [0.25, 0.3) is 0 Å². The van der Waals surface area contributed by atoms with Crippen molar-refractivity contribution in [1.82, 2.24) is 0 Å². The van der Waals surface area contributed by atoms with E-state index in [1.807, 2.05) is 27.7 Å². The number of carbonyl (C=O) groups excluding carboxylic acids is 1. The van der Waals surface area contributed by atoms with Gasteiger partial charge < -0.3 is 9.16 Å². The minimum absolute atomic E-state index is 0.0423. The number of hydrogen-bond donors (Lipinski definition) is 0. The second-order valence-corrected chi connectivity index (χ2v) is 8.11. The molecule has 114 valence electrons. The molecule has 0 saturated heterocycles. The van der Waals surface area contributed by atoms with Crippen LogP contribution in [0.15, 0.2) is 0 Å². The molecule has 0 heterocycles. The van der Waals surface area contributed by atoms with E-state index in [4.69, 9.17) is 9.16 Å². The molecule has 0 aliphatic heterocycles. The van der Waals surface area contributed by atoms with Gasteiger partial charge in [0.05, 0.1) is 12.1 Å². The molecule has 0 aliphatic rings. The van der Waals surface area contributed by atoms with Crippen LogP contribution in [-0.4, -0.2) is 27.9 Å². The van der Waals surface area contributed by atoms with Crippen molar-refractivity contribution in [3.05, 3.63) is 0 Å². The Balaban J connectivity index is 3.52. The summed E-state index contributed by atoms with van der Waals surface area (Å²) in [5, 5.41) is 0. The second-order valence-electron chi connectivity index (χ2n) is 6.26. The van der Waals surface area contributed by atoms with Crippen LogP contribution in [0.5, 0.6) is 0 Å². The van der Waals surface area contributed by atoms with E-state index in [2.05, 4.69) is 6.92 Å². The van der Waals surface area contributed by atoms with Crippen molar-refractivity contribution in [2.45, 2.75) is 84.3 Å². The lowest BCUT2D eigenvalue weighted by atomic mass is 10.1. The average Bonchev–Trinajstić information content (AvgIpc) is 2.33. The third kappa shape index (κ3) is 12.4.